The average molecular weight is 788 g/mol. The van der Waals surface area contributed by atoms with Crippen LogP contribution >= 0.6 is 0 Å². The van der Waals surface area contributed by atoms with Crippen LogP contribution in [0, 0.1) is 0 Å². The first-order chi connectivity index (χ1) is 27.5. The van der Waals surface area contributed by atoms with E-state index in [0.29, 0.717) is 19.3 Å². The lowest BCUT2D eigenvalue weighted by Crippen LogP contribution is -2.53. The maximum Gasteiger partial charge on any atom is 0.249 e. The summed E-state index contributed by atoms with van der Waals surface area (Å²) in [7, 11) is 0. The average Bonchev–Trinajstić information content (AvgIpc) is 3.20. The van der Waals surface area contributed by atoms with Crippen LogP contribution in [0.5, 0.6) is 0 Å². The van der Waals surface area contributed by atoms with Gasteiger partial charge >= 0.3 is 0 Å². The van der Waals surface area contributed by atoms with Crippen molar-refractivity contribution < 1.29 is 25.2 Å². The topological polar surface area (TPSA) is 110 Å². The monoisotopic (exact) mass is 788 g/mol. The molecule has 0 fully saturated rings. The van der Waals surface area contributed by atoms with Crippen molar-refractivity contribution in [3.8, 4) is 0 Å². The fourth-order valence-corrected chi connectivity index (χ4v) is 7.22. The Hall–Kier alpha value is -1.73. The zero-order chi connectivity index (χ0) is 41.0. The van der Waals surface area contributed by atoms with Crippen molar-refractivity contribution in [2.24, 2.45) is 0 Å². The van der Waals surface area contributed by atoms with E-state index in [2.05, 4.69) is 67.8 Å². The molecular weight excluding hydrogens is 695 g/mol. The van der Waals surface area contributed by atoms with Crippen molar-refractivity contribution in [3.05, 3.63) is 48.6 Å². The van der Waals surface area contributed by atoms with Gasteiger partial charge in [0.15, 0.2) is 0 Å². The molecule has 0 saturated carbocycles. The molecule has 0 bridgehead atoms. The zero-order valence-electron chi connectivity index (χ0n) is 36.9. The number of carbonyl (C=O) groups excluding carboxylic acids is 1. The number of hydrogen-bond acceptors (Lipinski definition) is 5. The second-order valence-corrected chi connectivity index (χ2v) is 16.4. The van der Waals surface area contributed by atoms with Gasteiger partial charge in [0.05, 0.1) is 18.8 Å². The maximum absolute atomic E-state index is 12.5. The fourth-order valence-electron chi connectivity index (χ4n) is 7.22. The standard InChI is InChI=1S/C50H93NO5/c1-3-5-7-9-11-13-15-17-19-21-23-25-27-29-31-33-35-37-39-41-43-47(53)49(55)46(45-52)51-50(56)48(54)44-42-40-38-36-34-32-30-28-26-24-22-20-18-16-14-12-10-8-6-4-2/h6,8,12,14,27,29,35,37,46-49,52-55H,3-5,7,9-11,13,15-26,28,30-34,36,38-45H2,1-2H3,(H,51,56)/b8-6-,14-12-,29-27+,37-35+. The van der Waals surface area contributed by atoms with Crippen LogP contribution in [0.15, 0.2) is 48.6 Å². The number of unbranched alkanes of at least 4 members (excludes halogenated alkanes) is 26. The fraction of sp³-hybridized carbons (Fsp3) is 0.820. The normalized spacial score (nSPS) is 14.5. The maximum atomic E-state index is 12.5. The van der Waals surface area contributed by atoms with Gasteiger partial charge in [0.2, 0.25) is 5.91 Å². The number of rotatable bonds is 43. The van der Waals surface area contributed by atoms with Crippen LogP contribution in [-0.2, 0) is 4.79 Å². The van der Waals surface area contributed by atoms with Crippen LogP contribution < -0.4 is 5.32 Å². The molecule has 0 aliphatic heterocycles. The number of hydrogen-bond donors (Lipinski definition) is 5. The van der Waals surface area contributed by atoms with Crippen LogP contribution in [-0.4, -0.2) is 57.3 Å². The molecule has 5 N–H and O–H groups in total. The van der Waals surface area contributed by atoms with Crippen molar-refractivity contribution in [2.45, 2.75) is 257 Å². The summed E-state index contributed by atoms with van der Waals surface area (Å²) in [6, 6.07) is -1.01. The van der Waals surface area contributed by atoms with E-state index in [4.69, 9.17) is 0 Å². The molecule has 0 aliphatic rings. The van der Waals surface area contributed by atoms with Gasteiger partial charge in [-0.25, -0.2) is 0 Å². The van der Waals surface area contributed by atoms with Crippen LogP contribution in [0.3, 0.4) is 0 Å². The van der Waals surface area contributed by atoms with Crippen LogP contribution in [0.4, 0.5) is 0 Å². The summed E-state index contributed by atoms with van der Waals surface area (Å²) in [5.41, 5.74) is 0. The van der Waals surface area contributed by atoms with E-state index < -0.39 is 36.9 Å². The Kier molecular flexibility index (Phi) is 43.0. The highest BCUT2D eigenvalue weighted by atomic mass is 16.3. The van der Waals surface area contributed by atoms with Gasteiger partial charge in [0, 0.05) is 0 Å². The summed E-state index contributed by atoms with van der Waals surface area (Å²) in [5.74, 6) is -0.599. The van der Waals surface area contributed by atoms with Crippen molar-refractivity contribution in [2.75, 3.05) is 6.61 Å². The van der Waals surface area contributed by atoms with Crippen molar-refractivity contribution in [1.29, 1.82) is 0 Å². The molecule has 4 unspecified atom stereocenters. The van der Waals surface area contributed by atoms with Gasteiger partial charge in [0.1, 0.15) is 12.2 Å². The minimum absolute atomic E-state index is 0.358. The summed E-state index contributed by atoms with van der Waals surface area (Å²) in [4.78, 5) is 12.5. The number of amides is 1. The highest BCUT2D eigenvalue weighted by molar-refractivity contribution is 5.80. The molecule has 0 heterocycles. The number of allylic oxidation sites excluding steroid dienone is 8. The Morgan fingerprint density at radius 2 is 0.857 bits per heavy atom. The van der Waals surface area contributed by atoms with Gasteiger partial charge in [-0.1, -0.05) is 204 Å². The minimum atomic E-state index is -1.29. The second-order valence-electron chi connectivity index (χ2n) is 16.4. The van der Waals surface area contributed by atoms with Crippen molar-refractivity contribution >= 4 is 5.91 Å². The van der Waals surface area contributed by atoms with E-state index in [9.17, 15) is 25.2 Å². The Morgan fingerprint density at radius 1 is 0.464 bits per heavy atom. The molecule has 328 valence electrons. The Morgan fingerprint density at radius 3 is 1.32 bits per heavy atom. The molecular formula is C50H93NO5. The van der Waals surface area contributed by atoms with Crippen LogP contribution in [0.2, 0.25) is 0 Å². The third-order valence-corrected chi connectivity index (χ3v) is 11.0. The number of aliphatic hydroxyl groups is 4. The summed E-state index contributed by atoms with van der Waals surface area (Å²) < 4.78 is 0. The van der Waals surface area contributed by atoms with Crippen LogP contribution in [0.1, 0.15) is 232 Å². The number of aliphatic hydroxyl groups excluding tert-OH is 4. The third kappa shape index (κ3) is 37.8. The molecule has 4 atom stereocenters. The highest BCUT2D eigenvalue weighted by Crippen LogP contribution is 2.16. The van der Waals surface area contributed by atoms with Crippen molar-refractivity contribution in [3.63, 3.8) is 0 Å². The predicted molar refractivity (Wildman–Crippen MR) is 242 cm³/mol. The van der Waals surface area contributed by atoms with Crippen molar-refractivity contribution in [1.82, 2.24) is 5.32 Å². The lowest BCUT2D eigenvalue weighted by atomic mass is 10.00. The summed E-state index contributed by atoms with van der Waals surface area (Å²) >= 11 is 0. The second kappa shape index (κ2) is 44.4. The smallest absolute Gasteiger partial charge is 0.249 e. The van der Waals surface area contributed by atoms with E-state index in [-0.39, 0.29) is 0 Å². The van der Waals surface area contributed by atoms with E-state index in [0.717, 1.165) is 51.4 Å². The van der Waals surface area contributed by atoms with E-state index in [1.807, 2.05) is 0 Å². The molecule has 6 heteroatoms. The lowest BCUT2D eigenvalue weighted by Gasteiger charge is -2.27. The summed E-state index contributed by atoms with van der Waals surface area (Å²) in [6.45, 7) is 3.94. The van der Waals surface area contributed by atoms with Crippen LogP contribution in [0.25, 0.3) is 0 Å². The molecule has 0 aromatic rings. The molecule has 0 rings (SSSR count). The number of carbonyl (C=O) groups is 1. The largest absolute Gasteiger partial charge is 0.394 e. The molecule has 0 aliphatic carbocycles. The predicted octanol–water partition coefficient (Wildman–Crippen LogP) is 13.1. The SMILES string of the molecule is CC/C=C\C/C=C\CCCCCCCCCCCCCCCC(O)C(=O)NC(CO)C(O)C(O)CCC/C=C/CC/C=C/CCCCCCCCCCCCC. The van der Waals surface area contributed by atoms with Gasteiger partial charge in [-0.05, 0) is 77.0 Å². The quantitative estimate of drug-likeness (QED) is 0.0312. The molecule has 0 radical (unpaired) electrons. The van der Waals surface area contributed by atoms with Gasteiger partial charge < -0.3 is 25.7 Å². The Balaban J connectivity index is 3.76. The van der Waals surface area contributed by atoms with E-state index in [1.165, 1.54) is 148 Å². The lowest BCUT2D eigenvalue weighted by molar-refractivity contribution is -0.132. The minimum Gasteiger partial charge on any atom is -0.394 e. The van der Waals surface area contributed by atoms with E-state index in [1.54, 1.807) is 0 Å². The van der Waals surface area contributed by atoms with Gasteiger partial charge in [-0.15, -0.1) is 0 Å². The molecule has 0 spiro atoms. The third-order valence-electron chi connectivity index (χ3n) is 11.0. The first-order valence-corrected chi connectivity index (χ1v) is 24.0. The Bertz CT molecular complexity index is 930. The highest BCUT2D eigenvalue weighted by Gasteiger charge is 2.28. The molecule has 0 saturated heterocycles. The zero-order valence-corrected chi connectivity index (χ0v) is 36.9. The van der Waals surface area contributed by atoms with Gasteiger partial charge in [-0.2, -0.15) is 0 Å². The number of nitrogens with one attached hydrogen (secondary N) is 1. The summed E-state index contributed by atoms with van der Waals surface area (Å²) in [6.07, 6.45) is 54.4. The first-order valence-electron chi connectivity index (χ1n) is 24.0. The first kappa shape index (κ1) is 54.3. The molecule has 56 heavy (non-hydrogen) atoms. The Labute approximate surface area is 347 Å². The molecule has 1 amide bonds. The molecule has 6 nitrogen and oxygen atoms in total. The van der Waals surface area contributed by atoms with E-state index >= 15 is 0 Å². The van der Waals surface area contributed by atoms with Gasteiger partial charge in [-0.3, -0.25) is 4.79 Å². The molecule has 0 aromatic heterocycles. The summed E-state index contributed by atoms with van der Waals surface area (Å²) in [5, 5.41) is 43.8. The van der Waals surface area contributed by atoms with Gasteiger partial charge in [0.25, 0.3) is 0 Å². The molecule has 0 aromatic carbocycles.